The lowest BCUT2D eigenvalue weighted by Crippen LogP contribution is -2.40. The van der Waals surface area contributed by atoms with Crippen molar-refractivity contribution in [2.45, 2.75) is 53.5 Å². The number of amides is 1. The minimum atomic E-state index is -0.0955. The van der Waals surface area contributed by atoms with E-state index in [1.807, 2.05) is 32.6 Å². The van der Waals surface area contributed by atoms with Gasteiger partial charge < -0.3 is 4.90 Å². The highest BCUT2D eigenvalue weighted by molar-refractivity contribution is 5.90. The van der Waals surface area contributed by atoms with Crippen LogP contribution in [0.25, 0.3) is 0 Å². The van der Waals surface area contributed by atoms with Gasteiger partial charge in [0.05, 0.1) is 0 Å². The van der Waals surface area contributed by atoms with Crippen LogP contribution in [-0.4, -0.2) is 38.6 Å². The molecule has 5 heteroatoms. The van der Waals surface area contributed by atoms with E-state index in [0.717, 1.165) is 12.4 Å². The molecule has 1 amide bonds. The van der Waals surface area contributed by atoms with E-state index in [4.69, 9.17) is 0 Å². The zero-order valence-corrected chi connectivity index (χ0v) is 12.2. The molecule has 1 rings (SSSR count). The first-order valence-corrected chi connectivity index (χ1v) is 6.56. The summed E-state index contributed by atoms with van der Waals surface area (Å²) in [7, 11) is 0. The first kappa shape index (κ1) is 14.7. The molecule has 1 N–H and O–H groups in total. The van der Waals surface area contributed by atoms with Crippen LogP contribution in [0.15, 0.2) is 0 Å². The fourth-order valence-electron chi connectivity index (χ4n) is 1.68. The third-order valence-corrected chi connectivity index (χ3v) is 2.69. The summed E-state index contributed by atoms with van der Waals surface area (Å²) in [6.07, 6.45) is 0. The van der Waals surface area contributed by atoms with Crippen molar-refractivity contribution in [3.05, 3.63) is 11.6 Å². The van der Waals surface area contributed by atoms with Gasteiger partial charge in [0.1, 0.15) is 5.82 Å². The maximum Gasteiger partial charge on any atom is 0.293 e. The second-order valence-corrected chi connectivity index (χ2v) is 5.64. The molecule has 0 fully saturated rings. The highest BCUT2D eigenvalue weighted by atomic mass is 16.2. The van der Waals surface area contributed by atoms with E-state index in [-0.39, 0.29) is 23.7 Å². The van der Waals surface area contributed by atoms with Crippen LogP contribution in [-0.2, 0) is 0 Å². The average molecular weight is 252 g/mol. The number of rotatable bonds is 5. The van der Waals surface area contributed by atoms with Gasteiger partial charge in [-0.3, -0.25) is 9.89 Å². The van der Waals surface area contributed by atoms with Gasteiger partial charge in [0.15, 0.2) is 0 Å². The van der Waals surface area contributed by atoms with E-state index < -0.39 is 0 Å². The first-order valence-electron chi connectivity index (χ1n) is 6.56. The highest BCUT2D eigenvalue weighted by Crippen LogP contribution is 2.11. The molecular formula is C13H24N4O. The summed E-state index contributed by atoms with van der Waals surface area (Å²) in [6.45, 7) is 13.0. The first-order chi connectivity index (χ1) is 8.32. The number of carbonyl (C=O) groups excluding carboxylic acids is 1. The predicted octanol–water partition coefficient (Wildman–Crippen LogP) is 2.43. The van der Waals surface area contributed by atoms with Crippen LogP contribution in [0.2, 0.25) is 0 Å². The third-order valence-electron chi connectivity index (χ3n) is 2.69. The molecule has 0 atom stereocenters. The predicted molar refractivity (Wildman–Crippen MR) is 71.5 cm³/mol. The summed E-state index contributed by atoms with van der Waals surface area (Å²) in [5, 5.41) is 6.85. The monoisotopic (exact) mass is 252 g/mol. The van der Waals surface area contributed by atoms with Crippen molar-refractivity contribution in [1.29, 1.82) is 0 Å². The lowest BCUT2D eigenvalue weighted by Gasteiger charge is -2.27. The second-order valence-electron chi connectivity index (χ2n) is 5.64. The maximum absolute atomic E-state index is 12.3. The molecule has 0 unspecified atom stereocenters. The van der Waals surface area contributed by atoms with Gasteiger partial charge in [-0.25, -0.2) is 4.98 Å². The quantitative estimate of drug-likeness (QED) is 0.875. The molecule has 1 aromatic rings. The topological polar surface area (TPSA) is 61.9 Å². The van der Waals surface area contributed by atoms with Gasteiger partial charge in [-0.2, -0.15) is 0 Å². The van der Waals surface area contributed by atoms with Crippen LogP contribution < -0.4 is 0 Å². The standard InChI is InChI=1S/C13H24N4O/c1-8(2)7-17(10(5)6)13(18)12-14-11(9(3)4)15-16-12/h8-10H,7H2,1-6H3,(H,14,15,16). The lowest BCUT2D eigenvalue weighted by atomic mass is 10.1. The van der Waals surface area contributed by atoms with Crippen molar-refractivity contribution in [3.63, 3.8) is 0 Å². The summed E-state index contributed by atoms with van der Waals surface area (Å²) < 4.78 is 0. The average Bonchev–Trinajstić information content (AvgIpc) is 2.73. The molecule has 0 bridgehead atoms. The zero-order chi connectivity index (χ0) is 13.9. The van der Waals surface area contributed by atoms with E-state index in [2.05, 4.69) is 29.0 Å². The number of aromatic amines is 1. The Hall–Kier alpha value is -1.39. The van der Waals surface area contributed by atoms with Crippen molar-refractivity contribution in [1.82, 2.24) is 20.1 Å². The molecule has 1 aromatic heterocycles. The van der Waals surface area contributed by atoms with Gasteiger partial charge in [-0.05, 0) is 19.8 Å². The molecule has 1 heterocycles. The second kappa shape index (κ2) is 5.98. The number of aromatic nitrogens is 3. The molecule has 0 aliphatic carbocycles. The normalized spacial score (nSPS) is 11.6. The summed E-state index contributed by atoms with van der Waals surface area (Å²) in [4.78, 5) is 18.4. The molecule has 0 radical (unpaired) electrons. The Balaban J connectivity index is 2.88. The Morgan fingerprint density at radius 3 is 2.22 bits per heavy atom. The van der Waals surface area contributed by atoms with Gasteiger partial charge in [-0.1, -0.05) is 27.7 Å². The highest BCUT2D eigenvalue weighted by Gasteiger charge is 2.23. The van der Waals surface area contributed by atoms with Crippen LogP contribution in [0, 0.1) is 5.92 Å². The van der Waals surface area contributed by atoms with E-state index in [0.29, 0.717) is 5.92 Å². The summed E-state index contributed by atoms with van der Waals surface area (Å²) in [5.41, 5.74) is 0. The fourth-order valence-corrected chi connectivity index (χ4v) is 1.68. The Morgan fingerprint density at radius 2 is 1.83 bits per heavy atom. The van der Waals surface area contributed by atoms with Crippen molar-refractivity contribution in [2.24, 2.45) is 5.92 Å². The molecule has 0 spiro atoms. The van der Waals surface area contributed by atoms with Crippen LogP contribution in [0.1, 0.15) is 63.9 Å². The van der Waals surface area contributed by atoms with Gasteiger partial charge in [0.2, 0.25) is 5.82 Å². The lowest BCUT2D eigenvalue weighted by molar-refractivity contribution is 0.0669. The fraction of sp³-hybridized carbons (Fsp3) is 0.769. The molecule has 18 heavy (non-hydrogen) atoms. The number of carbonyl (C=O) groups is 1. The number of hydrogen-bond donors (Lipinski definition) is 1. The molecule has 0 aromatic carbocycles. The van der Waals surface area contributed by atoms with Gasteiger partial charge in [-0.15, -0.1) is 5.10 Å². The van der Waals surface area contributed by atoms with Crippen LogP contribution in [0.4, 0.5) is 0 Å². The molecule has 0 aliphatic rings. The molecule has 5 nitrogen and oxygen atoms in total. The van der Waals surface area contributed by atoms with Crippen molar-refractivity contribution < 1.29 is 4.79 Å². The van der Waals surface area contributed by atoms with Gasteiger partial charge in [0.25, 0.3) is 5.91 Å². The van der Waals surface area contributed by atoms with Crippen LogP contribution in [0.5, 0.6) is 0 Å². The van der Waals surface area contributed by atoms with Crippen molar-refractivity contribution in [2.75, 3.05) is 6.54 Å². The summed E-state index contributed by atoms with van der Waals surface area (Å²) >= 11 is 0. The molecule has 0 saturated heterocycles. The Labute approximate surface area is 109 Å². The minimum Gasteiger partial charge on any atom is -0.333 e. The summed E-state index contributed by atoms with van der Waals surface area (Å²) in [6, 6.07) is 0.154. The Morgan fingerprint density at radius 1 is 1.22 bits per heavy atom. The third kappa shape index (κ3) is 3.55. The van der Waals surface area contributed by atoms with E-state index in [9.17, 15) is 4.79 Å². The Kier molecular flexibility index (Phi) is 4.87. The number of nitrogens with zero attached hydrogens (tertiary/aromatic N) is 3. The SMILES string of the molecule is CC(C)CN(C(=O)c1n[nH]c(C(C)C)n1)C(C)C. The zero-order valence-electron chi connectivity index (χ0n) is 12.2. The number of hydrogen-bond acceptors (Lipinski definition) is 3. The summed E-state index contributed by atoms with van der Waals surface area (Å²) in [5.74, 6) is 1.61. The van der Waals surface area contributed by atoms with Gasteiger partial charge in [0, 0.05) is 18.5 Å². The smallest absolute Gasteiger partial charge is 0.293 e. The molecule has 0 saturated carbocycles. The van der Waals surface area contributed by atoms with Crippen LogP contribution >= 0.6 is 0 Å². The number of H-pyrrole nitrogens is 1. The minimum absolute atomic E-state index is 0.0955. The van der Waals surface area contributed by atoms with Crippen molar-refractivity contribution >= 4 is 5.91 Å². The van der Waals surface area contributed by atoms with E-state index >= 15 is 0 Å². The molecule has 0 aliphatic heterocycles. The van der Waals surface area contributed by atoms with Crippen molar-refractivity contribution in [3.8, 4) is 0 Å². The maximum atomic E-state index is 12.3. The molecule has 102 valence electrons. The Bertz CT molecular complexity index is 395. The van der Waals surface area contributed by atoms with E-state index in [1.165, 1.54) is 0 Å². The number of nitrogens with one attached hydrogen (secondary N) is 1. The van der Waals surface area contributed by atoms with Crippen LogP contribution in [0.3, 0.4) is 0 Å². The van der Waals surface area contributed by atoms with E-state index in [1.54, 1.807) is 0 Å². The molecular weight excluding hydrogens is 228 g/mol. The largest absolute Gasteiger partial charge is 0.333 e. The van der Waals surface area contributed by atoms with Gasteiger partial charge >= 0.3 is 0 Å².